The van der Waals surface area contributed by atoms with E-state index in [0.29, 0.717) is 12.8 Å². The molecule has 0 saturated heterocycles. The maximum Gasteiger partial charge on any atom is 0.305 e. The van der Waals surface area contributed by atoms with Crippen LogP contribution in [-0.4, -0.2) is 18.1 Å². The van der Waals surface area contributed by atoms with Gasteiger partial charge in [-0.3, -0.25) is 4.79 Å². The van der Waals surface area contributed by atoms with Crippen molar-refractivity contribution in [2.75, 3.05) is 12.8 Å². The zero-order valence-corrected chi connectivity index (χ0v) is 10.3. The van der Waals surface area contributed by atoms with E-state index < -0.39 is 0 Å². The number of aromatic amines is 1. The van der Waals surface area contributed by atoms with Crippen LogP contribution in [0.5, 0.6) is 0 Å². The van der Waals surface area contributed by atoms with Crippen molar-refractivity contribution in [3.63, 3.8) is 0 Å². The van der Waals surface area contributed by atoms with Crippen molar-refractivity contribution in [1.82, 2.24) is 4.98 Å². The lowest BCUT2D eigenvalue weighted by Crippen LogP contribution is -2.02. The number of benzene rings is 1. The van der Waals surface area contributed by atoms with Gasteiger partial charge in [-0.05, 0) is 30.2 Å². The van der Waals surface area contributed by atoms with Crippen LogP contribution in [0.2, 0.25) is 0 Å². The smallest absolute Gasteiger partial charge is 0.305 e. The highest BCUT2D eigenvalue weighted by Crippen LogP contribution is 2.24. The fraction of sp³-hybridized carbons (Fsp3) is 0.214. The van der Waals surface area contributed by atoms with Gasteiger partial charge in [0.2, 0.25) is 0 Å². The number of nitrogens with two attached hydrogens (primary N) is 1. The van der Waals surface area contributed by atoms with Crippen molar-refractivity contribution < 1.29 is 9.53 Å². The van der Waals surface area contributed by atoms with Gasteiger partial charge in [-0.1, -0.05) is 12.1 Å². The van der Waals surface area contributed by atoms with Gasteiger partial charge in [-0.15, -0.1) is 0 Å². The number of nitrogens with one attached hydrogen (secondary N) is 1. The molecule has 94 valence electrons. The molecule has 0 aliphatic heterocycles. The molecule has 3 N–H and O–H groups in total. The minimum Gasteiger partial charge on any atom is -0.469 e. The third kappa shape index (κ3) is 2.71. The maximum atomic E-state index is 11.1. The van der Waals surface area contributed by atoms with Crippen molar-refractivity contribution in [2.24, 2.45) is 0 Å². The number of carbonyl (C=O) groups is 1. The Morgan fingerprint density at radius 1 is 1.28 bits per heavy atom. The van der Waals surface area contributed by atoms with Gasteiger partial charge in [-0.2, -0.15) is 0 Å². The zero-order valence-electron chi connectivity index (χ0n) is 10.3. The topological polar surface area (TPSA) is 68.1 Å². The quantitative estimate of drug-likeness (QED) is 0.641. The van der Waals surface area contributed by atoms with Gasteiger partial charge in [0.25, 0.3) is 0 Å². The van der Waals surface area contributed by atoms with Gasteiger partial charge in [0, 0.05) is 23.1 Å². The van der Waals surface area contributed by atoms with E-state index in [1.807, 2.05) is 36.5 Å². The maximum absolute atomic E-state index is 11.1. The number of hydrogen-bond donors (Lipinski definition) is 2. The lowest BCUT2D eigenvalue weighted by atomic mass is 10.0. The van der Waals surface area contributed by atoms with Crippen molar-refractivity contribution in [3.8, 4) is 11.1 Å². The Hall–Kier alpha value is -2.23. The van der Waals surface area contributed by atoms with E-state index in [-0.39, 0.29) is 5.97 Å². The third-order valence-corrected chi connectivity index (χ3v) is 2.86. The zero-order chi connectivity index (χ0) is 13.0. The summed E-state index contributed by atoms with van der Waals surface area (Å²) >= 11 is 0. The highest BCUT2D eigenvalue weighted by Gasteiger charge is 2.08. The SMILES string of the molecule is COC(=O)CCc1[nH]ccc1-c1ccc(N)cc1. The Kier molecular flexibility index (Phi) is 3.67. The standard InChI is InChI=1S/C14H16N2O2/c1-18-14(17)7-6-13-12(8-9-16-13)10-2-4-11(15)5-3-10/h2-5,8-9,16H,6-7,15H2,1H3. The summed E-state index contributed by atoms with van der Waals surface area (Å²) in [5, 5.41) is 0. The van der Waals surface area contributed by atoms with Gasteiger partial charge in [-0.25, -0.2) is 0 Å². The van der Waals surface area contributed by atoms with Gasteiger partial charge in [0.05, 0.1) is 13.5 Å². The Morgan fingerprint density at radius 2 is 2.00 bits per heavy atom. The molecule has 4 nitrogen and oxygen atoms in total. The van der Waals surface area contributed by atoms with E-state index in [1.165, 1.54) is 7.11 Å². The summed E-state index contributed by atoms with van der Waals surface area (Å²) in [5.41, 5.74) is 9.62. The first-order valence-corrected chi connectivity index (χ1v) is 5.79. The second-order valence-corrected chi connectivity index (χ2v) is 4.07. The van der Waals surface area contributed by atoms with Crippen LogP contribution < -0.4 is 5.73 Å². The van der Waals surface area contributed by atoms with Crippen molar-refractivity contribution >= 4 is 11.7 Å². The molecule has 1 aromatic carbocycles. The van der Waals surface area contributed by atoms with Gasteiger partial charge in [0.1, 0.15) is 0 Å². The van der Waals surface area contributed by atoms with E-state index in [9.17, 15) is 4.79 Å². The minimum atomic E-state index is -0.201. The van der Waals surface area contributed by atoms with Crippen molar-refractivity contribution in [2.45, 2.75) is 12.8 Å². The number of methoxy groups -OCH3 is 1. The lowest BCUT2D eigenvalue weighted by Gasteiger charge is -2.04. The first-order chi connectivity index (χ1) is 8.70. The Balaban J connectivity index is 2.17. The number of nitrogen functional groups attached to an aromatic ring is 1. The van der Waals surface area contributed by atoms with Crippen LogP contribution in [0.1, 0.15) is 12.1 Å². The van der Waals surface area contributed by atoms with Crippen LogP contribution in [-0.2, 0) is 16.0 Å². The van der Waals surface area contributed by atoms with Crippen LogP contribution in [0.25, 0.3) is 11.1 Å². The molecular weight excluding hydrogens is 228 g/mol. The first-order valence-electron chi connectivity index (χ1n) is 5.79. The molecule has 0 unspecified atom stereocenters. The summed E-state index contributed by atoms with van der Waals surface area (Å²) < 4.78 is 4.64. The summed E-state index contributed by atoms with van der Waals surface area (Å²) in [6.07, 6.45) is 2.89. The number of aryl methyl sites for hydroxylation is 1. The highest BCUT2D eigenvalue weighted by molar-refractivity contribution is 5.71. The number of rotatable bonds is 4. The van der Waals surface area contributed by atoms with Crippen LogP contribution in [0.15, 0.2) is 36.5 Å². The van der Waals surface area contributed by atoms with Gasteiger partial charge < -0.3 is 15.5 Å². The van der Waals surface area contributed by atoms with Crippen LogP contribution in [0, 0.1) is 0 Å². The van der Waals surface area contributed by atoms with Crippen molar-refractivity contribution in [3.05, 3.63) is 42.2 Å². The molecule has 0 saturated carbocycles. The Labute approximate surface area is 106 Å². The molecule has 2 rings (SSSR count). The molecular formula is C14H16N2O2. The molecule has 0 aliphatic carbocycles. The molecule has 1 aromatic heterocycles. The molecule has 0 aliphatic rings. The number of carbonyl (C=O) groups excluding carboxylic acids is 1. The lowest BCUT2D eigenvalue weighted by molar-refractivity contribution is -0.140. The average molecular weight is 244 g/mol. The third-order valence-electron chi connectivity index (χ3n) is 2.86. The summed E-state index contributed by atoms with van der Waals surface area (Å²) in [6, 6.07) is 9.68. The number of hydrogen-bond acceptors (Lipinski definition) is 3. The summed E-state index contributed by atoms with van der Waals surface area (Å²) in [6.45, 7) is 0. The average Bonchev–Trinajstić information content (AvgIpc) is 2.85. The van der Waals surface area contributed by atoms with Gasteiger partial charge in [0.15, 0.2) is 0 Å². The number of H-pyrrole nitrogens is 1. The normalized spacial score (nSPS) is 10.3. The molecule has 0 atom stereocenters. The summed E-state index contributed by atoms with van der Waals surface area (Å²) in [7, 11) is 1.40. The second kappa shape index (κ2) is 5.40. The molecule has 0 radical (unpaired) electrons. The monoisotopic (exact) mass is 244 g/mol. The summed E-state index contributed by atoms with van der Waals surface area (Å²) in [5.74, 6) is -0.201. The predicted octanol–water partition coefficient (Wildman–Crippen LogP) is 2.37. The minimum absolute atomic E-state index is 0.201. The fourth-order valence-corrected chi connectivity index (χ4v) is 1.87. The molecule has 1 heterocycles. The number of anilines is 1. The molecule has 0 amide bonds. The van der Waals surface area contributed by atoms with Crippen LogP contribution >= 0.6 is 0 Å². The van der Waals surface area contributed by atoms with E-state index in [0.717, 1.165) is 22.5 Å². The number of ether oxygens (including phenoxy) is 1. The largest absolute Gasteiger partial charge is 0.469 e. The molecule has 0 spiro atoms. The Morgan fingerprint density at radius 3 is 2.67 bits per heavy atom. The van der Waals surface area contributed by atoms with E-state index in [1.54, 1.807) is 0 Å². The van der Waals surface area contributed by atoms with E-state index in [2.05, 4.69) is 9.72 Å². The molecule has 18 heavy (non-hydrogen) atoms. The van der Waals surface area contributed by atoms with Crippen LogP contribution in [0.4, 0.5) is 5.69 Å². The fourth-order valence-electron chi connectivity index (χ4n) is 1.87. The summed E-state index contributed by atoms with van der Waals surface area (Å²) in [4.78, 5) is 14.3. The molecule has 0 fully saturated rings. The van der Waals surface area contributed by atoms with Crippen molar-refractivity contribution in [1.29, 1.82) is 0 Å². The number of esters is 1. The second-order valence-electron chi connectivity index (χ2n) is 4.07. The van der Waals surface area contributed by atoms with E-state index >= 15 is 0 Å². The molecule has 2 aromatic rings. The van der Waals surface area contributed by atoms with Crippen LogP contribution in [0.3, 0.4) is 0 Å². The van der Waals surface area contributed by atoms with Gasteiger partial charge >= 0.3 is 5.97 Å². The van der Waals surface area contributed by atoms with E-state index in [4.69, 9.17) is 5.73 Å². The molecule has 0 bridgehead atoms. The number of aromatic nitrogens is 1. The highest BCUT2D eigenvalue weighted by atomic mass is 16.5. The first kappa shape index (κ1) is 12.2. The Bertz CT molecular complexity index is 529. The molecule has 4 heteroatoms. The predicted molar refractivity (Wildman–Crippen MR) is 71.0 cm³/mol.